The van der Waals surface area contributed by atoms with Crippen LogP contribution in [0.2, 0.25) is 0 Å². The molecule has 3 rings (SSSR count). The Kier molecular flexibility index (Phi) is 2.79. The quantitative estimate of drug-likeness (QED) is 0.570. The minimum atomic E-state index is -1.41. The number of carboxylic acid groups (broad SMARTS) is 1. The summed E-state index contributed by atoms with van der Waals surface area (Å²) in [5.41, 5.74) is 0.199. The maximum Gasteiger partial charge on any atom is 0.342 e. The third kappa shape index (κ3) is 2.06. The van der Waals surface area contributed by atoms with Gasteiger partial charge in [-0.1, -0.05) is 17.3 Å². The molecule has 0 aliphatic rings. The summed E-state index contributed by atoms with van der Waals surface area (Å²) >= 11 is 0. The van der Waals surface area contributed by atoms with Gasteiger partial charge in [-0.2, -0.15) is 4.68 Å². The molecule has 0 bridgehead atoms. The first kappa shape index (κ1) is 12.7. The second kappa shape index (κ2) is 4.63. The van der Waals surface area contributed by atoms with E-state index >= 15 is 0 Å². The van der Waals surface area contributed by atoms with Gasteiger partial charge >= 0.3 is 11.7 Å². The van der Waals surface area contributed by atoms with E-state index in [4.69, 9.17) is 5.11 Å². The predicted octanol–water partition coefficient (Wildman–Crippen LogP) is 1.42. The summed E-state index contributed by atoms with van der Waals surface area (Å²) in [6.07, 6.45) is 0.898. The van der Waals surface area contributed by atoms with Crippen molar-refractivity contribution in [1.82, 2.24) is 20.0 Å². The first-order valence-corrected chi connectivity index (χ1v) is 5.76. The maximum absolute atomic E-state index is 11.1. The molecule has 0 aliphatic carbocycles. The Hall–Kier alpha value is -3.36. The number of hydrogen-bond acceptors (Lipinski definition) is 6. The molecule has 0 fully saturated rings. The van der Waals surface area contributed by atoms with Crippen LogP contribution in [0, 0.1) is 10.1 Å². The van der Waals surface area contributed by atoms with Gasteiger partial charge in [0, 0.05) is 6.07 Å². The molecule has 1 N–H and O–H groups in total. The highest BCUT2D eigenvalue weighted by Gasteiger charge is 2.22. The number of nitro groups is 1. The van der Waals surface area contributed by atoms with Gasteiger partial charge in [0.1, 0.15) is 17.3 Å². The van der Waals surface area contributed by atoms with Gasteiger partial charge in [0.05, 0.1) is 10.4 Å². The van der Waals surface area contributed by atoms with Crippen LogP contribution in [-0.2, 0) is 0 Å². The molecule has 2 heterocycles. The lowest BCUT2D eigenvalue weighted by Crippen LogP contribution is -2.07. The van der Waals surface area contributed by atoms with Gasteiger partial charge in [-0.15, -0.1) is 5.10 Å². The number of aromatic carboxylic acids is 1. The van der Waals surface area contributed by atoms with Gasteiger partial charge in [-0.25, -0.2) is 9.78 Å². The Labute approximate surface area is 116 Å². The lowest BCUT2D eigenvalue weighted by molar-refractivity contribution is -0.385. The van der Waals surface area contributed by atoms with Crippen LogP contribution in [0.5, 0.6) is 0 Å². The summed E-state index contributed by atoms with van der Waals surface area (Å²) in [4.78, 5) is 25.0. The number of aromatic nitrogens is 4. The molecule has 9 heteroatoms. The normalized spacial score (nSPS) is 10.7. The zero-order chi connectivity index (χ0) is 15.0. The molecular weight excluding hydrogens is 278 g/mol. The lowest BCUT2D eigenvalue weighted by Gasteiger charge is -2.03. The van der Waals surface area contributed by atoms with Gasteiger partial charge in [0.15, 0.2) is 5.82 Å². The SMILES string of the molecule is O=C(O)c1cc(-n2nnc3ccccc32)ncc1[N+](=O)[O-]. The van der Waals surface area contributed by atoms with Gasteiger partial charge < -0.3 is 5.11 Å². The summed E-state index contributed by atoms with van der Waals surface area (Å²) < 4.78 is 1.32. The van der Waals surface area contributed by atoms with Crippen LogP contribution in [-0.4, -0.2) is 36.0 Å². The molecule has 0 saturated carbocycles. The smallest absolute Gasteiger partial charge is 0.342 e. The molecule has 0 spiro atoms. The molecular formula is C12H7N5O4. The van der Waals surface area contributed by atoms with E-state index in [0.29, 0.717) is 11.0 Å². The zero-order valence-corrected chi connectivity index (χ0v) is 10.4. The summed E-state index contributed by atoms with van der Waals surface area (Å²) in [6, 6.07) is 8.13. The van der Waals surface area contributed by atoms with E-state index in [-0.39, 0.29) is 5.82 Å². The van der Waals surface area contributed by atoms with Crippen molar-refractivity contribution < 1.29 is 14.8 Å². The lowest BCUT2D eigenvalue weighted by atomic mass is 10.2. The highest BCUT2D eigenvalue weighted by Crippen LogP contribution is 2.21. The number of nitrogens with zero attached hydrogens (tertiary/aromatic N) is 5. The number of fused-ring (bicyclic) bond motifs is 1. The number of benzene rings is 1. The van der Waals surface area contributed by atoms with Crippen molar-refractivity contribution in [1.29, 1.82) is 0 Å². The minimum Gasteiger partial charge on any atom is -0.477 e. The third-order valence-corrected chi connectivity index (χ3v) is 2.86. The number of carbonyl (C=O) groups is 1. The molecule has 0 unspecified atom stereocenters. The van der Waals surface area contributed by atoms with Crippen molar-refractivity contribution in [2.24, 2.45) is 0 Å². The molecule has 0 amide bonds. The molecule has 1 aromatic carbocycles. The number of rotatable bonds is 3. The summed E-state index contributed by atoms with van der Waals surface area (Å²) in [6.45, 7) is 0. The Bertz CT molecular complexity index is 873. The molecule has 3 aromatic rings. The number of carboxylic acids is 1. The molecule has 9 nitrogen and oxygen atoms in total. The van der Waals surface area contributed by atoms with Gasteiger partial charge in [-0.05, 0) is 12.1 Å². The average molecular weight is 285 g/mol. The number of para-hydroxylation sites is 1. The van der Waals surface area contributed by atoms with Crippen molar-refractivity contribution >= 4 is 22.7 Å². The monoisotopic (exact) mass is 285 g/mol. The fourth-order valence-electron chi connectivity index (χ4n) is 1.91. The average Bonchev–Trinajstić information content (AvgIpc) is 2.90. The fraction of sp³-hybridized carbons (Fsp3) is 0. The largest absolute Gasteiger partial charge is 0.477 e. The van der Waals surface area contributed by atoms with Crippen LogP contribution >= 0.6 is 0 Å². The Morgan fingerprint density at radius 3 is 2.81 bits per heavy atom. The molecule has 104 valence electrons. The minimum absolute atomic E-state index is 0.145. The van der Waals surface area contributed by atoms with Crippen molar-refractivity contribution in [2.75, 3.05) is 0 Å². The van der Waals surface area contributed by atoms with E-state index in [9.17, 15) is 14.9 Å². The molecule has 0 aliphatic heterocycles. The van der Waals surface area contributed by atoms with Crippen molar-refractivity contribution in [3.05, 3.63) is 52.2 Å². The second-order valence-electron chi connectivity index (χ2n) is 4.11. The maximum atomic E-state index is 11.1. The van der Waals surface area contributed by atoms with Gasteiger partial charge in [0.25, 0.3) is 0 Å². The zero-order valence-electron chi connectivity index (χ0n) is 10.4. The molecule has 2 aromatic heterocycles. The molecule has 0 saturated heterocycles. The van der Waals surface area contributed by atoms with Crippen LogP contribution < -0.4 is 0 Å². The highest BCUT2D eigenvalue weighted by molar-refractivity contribution is 5.92. The first-order valence-electron chi connectivity index (χ1n) is 5.76. The number of pyridine rings is 1. The Balaban J connectivity index is 2.22. The number of hydrogen-bond donors (Lipinski definition) is 1. The summed E-state index contributed by atoms with van der Waals surface area (Å²) in [5.74, 6) is -1.26. The van der Waals surface area contributed by atoms with E-state index in [0.717, 1.165) is 12.3 Å². The van der Waals surface area contributed by atoms with Crippen molar-refractivity contribution in [3.8, 4) is 5.82 Å². The van der Waals surface area contributed by atoms with Crippen molar-refractivity contribution in [2.45, 2.75) is 0 Å². The van der Waals surface area contributed by atoms with Crippen LogP contribution in [0.4, 0.5) is 5.69 Å². The second-order valence-corrected chi connectivity index (χ2v) is 4.11. The van der Waals surface area contributed by atoms with Crippen LogP contribution in [0.3, 0.4) is 0 Å². The summed E-state index contributed by atoms with van der Waals surface area (Å²) in [7, 11) is 0. The van der Waals surface area contributed by atoms with E-state index in [1.807, 2.05) is 0 Å². The Morgan fingerprint density at radius 1 is 1.33 bits per heavy atom. The molecule has 0 atom stereocenters. The first-order chi connectivity index (χ1) is 10.1. The predicted molar refractivity (Wildman–Crippen MR) is 70.3 cm³/mol. The fourth-order valence-corrected chi connectivity index (χ4v) is 1.91. The van der Waals surface area contributed by atoms with E-state index < -0.39 is 22.1 Å². The molecule has 0 radical (unpaired) electrons. The van der Waals surface area contributed by atoms with Crippen molar-refractivity contribution in [3.63, 3.8) is 0 Å². The van der Waals surface area contributed by atoms with Gasteiger partial charge in [0.2, 0.25) is 0 Å². The van der Waals surface area contributed by atoms with Crippen LogP contribution in [0.25, 0.3) is 16.9 Å². The van der Waals surface area contributed by atoms with E-state index in [1.54, 1.807) is 24.3 Å². The van der Waals surface area contributed by atoms with Gasteiger partial charge in [-0.3, -0.25) is 10.1 Å². The van der Waals surface area contributed by atoms with Crippen LogP contribution in [0.15, 0.2) is 36.5 Å². The summed E-state index contributed by atoms with van der Waals surface area (Å²) in [5, 5.41) is 27.7. The standard InChI is InChI=1S/C12H7N5O4/c18-12(19)7-5-11(13-6-10(7)17(20)21)16-9-4-2-1-3-8(9)14-15-16/h1-6H,(H,18,19). The third-order valence-electron chi connectivity index (χ3n) is 2.86. The Morgan fingerprint density at radius 2 is 2.10 bits per heavy atom. The highest BCUT2D eigenvalue weighted by atomic mass is 16.6. The topological polar surface area (TPSA) is 124 Å². The van der Waals surface area contributed by atoms with E-state index in [1.165, 1.54) is 4.68 Å². The van der Waals surface area contributed by atoms with Crippen LogP contribution in [0.1, 0.15) is 10.4 Å². The molecule has 21 heavy (non-hydrogen) atoms. The van der Waals surface area contributed by atoms with E-state index in [2.05, 4.69) is 15.3 Å².